The van der Waals surface area contributed by atoms with Crippen molar-refractivity contribution in [3.63, 3.8) is 0 Å². The van der Waals surface area contributed by atoms with Crippen LogP contribution in [-0.4, -0.2) is 86.2 Å². The van der Waals surface area contributed by atoms with Crippen LogP contribution in [0.2, 0.25) is 0 Å². The molecule has 0 fully saturated rings. The number of hydrogen-bond acceptors (Lipinski definition) is 9. The molecule has 96 heavy (non-hydrogen) atoms. The maximum atomic E-state index is 12.8. The van der Waals surface area contributed by atoms with E-state index in [1.807, 2.05) is 152 Å². The van der Waals surface area contributed by atoms with Crippen LogP contribution in [0.15, 0.2) is 274 Å². The second kappa shape index (κ2) is 23.3. The average molecular weight is 1240 g/mol. The van der Waals surface area contributed by atoms with Crippen molar-refractivity contribution in [1.29, 1.82) is 0 Å². The highest BCUT2D eigenvalue weighted by molar-refractivity contribution is 6.30. The van der Waals surface area contributed by atoms with Gasteiger partial charge >= 0.3 is 0 Å². The number of aromatic nitrogens is 3. The number of pyridine rings is 3. The van der Waals surface area contributed by atoms with Crippen LogP contribution >= 0.6 is 0 Å². The summed E-state index contributed by atoms with van der Waals surface area (Å²) in [6, 6.07) is 80.1. The smallest absolute Gasteiger partial charge is 0.261 e. The Morgan fingerprint density at radius 3 is 0.885 bits per heavy atom. The maximum Gasteiger partial charge on any atom is 0.261 e. The van der Waals surface area contributed by atoms with Crippen molar-refractivity contribution in [3.05, 3.63) is 307 Å². The summed E-state index contributed by atoms with van der Waals surface area (Å²) in [7, 11) is 4.60. The standard InChI is InChI=1S/3C28H18N2O2/c1-30-27(31)24-10-4-9-23-22(13-14-25(26(23)24)28(30)32)21-12-11-18(17-6-5-15-29-16-17)19-7-2-3-8-20(19)21;1-30-27(31)23-10-6-9-22-20(13-15-24(26(22)23)28(30)32)19-12-14-21(25-11-4-5-16-29-25)18-8-3-2-7-17(18)19;1-30-27(31)24-8-4-7-23-22(11-12-25(26(23)24)28(30)32)21-10-9-18(17-13-15-29-16-14-17)19-5-2-3-6-20(19)21/h3*2-16H,1H3. The van der Waals surface area contributed by atoms with E-state index in [2.05, 4.69) is 93.8 Å². The number of rotatable bonds is 6. The number of carbonyl (C=O) groups excluding carboxylic acids is 6. The van der Waals surface area contributed by atoms with Gasteiger partial charge in [0, 0.05) is 113 Å². The van der Waals surface area contributed by atoms with Crippen molar-refractivity contribution in [2.75, 3.05) is 21.1 Å². The minimum absolute atomic E-state index is 0.261. The van der Waals surface area contributed by atoms with Crippen molar-refractivity contribution in [3.8, 4) is 66.9 Å². The highest BCUT2D eigenvalue weighted by Gasteiger charge is 2.34. The third kappa shape index (κ3) is 9.33. The third-order valence-corrected chi connectivity index (χ3v) is 18.9. The van der Waals surface area contributed by atoms with E-state index >= 15 is 0 Å². The highest BCUT2D eigenvalue weighted by Crippen LogP contribution is 2.45. The van der Waals surface area contributed by atoms with Gasteiger partial charge in [-0.05, 0) is 165 Å². The molecule has 15 aromatic rings. The molecule has 0 radical (unpaired) electrons. The largest absolute Gasteiger partial charge is 0.277 e. The fraction of sp³-hybridized carbons (Fsp3) is 0.0357. The summed E-state index contributed by atoms with van der Waals surface area (Å²) in [5.41, 5.74) is 16.0. The van der Waals surface area contributed by atoms with Crippen LogP contribution in [0.5, 0.6) is 0 Å². The van der Waals surface area contributed by atoms with Crippen LogP contribution in [0.3, 0.4) is 0 Å². The van der Waals surface area contributed by atoms with Crippen molar-refractivity contribution < 1.29 is 28.8 Å². The predicted molar refractivity (Wildman–Crippen MR) is 380 cm³/mol. The molecule has 6 heterocycles. The van der Waals surface area contributed by atoms with E-state index in [0.717, 1.165) is 132 Å². The molecule has 456 valence electrons. The number of fused-ring (bicyclic) bond motifs is 3. The van der Waals surface area contributed by atoms with Crippen LogP contribution in [0.25, 0.3) is 132 Å². The molecule has 18 rings (SSSR count). The predicted octanol–water partition coefficient (Wildman–Crippen LogP) is 17.8. The normalized spacial score (nSPS) is 13.2. The van der Waals surface area contributed by atoms with Crippen LogP contribution in [0.4, 0.5) is 0 Å². The number of amides is 6. The molecule has 3 aliphatic rings. The number of hydrogen-bond donors (Lipinski definition) is 0. The van der Waals surface area contributed by atoms with Gasteiger partial charge in [-0.25, -0.2) is 0 Å². The van der Waals surface area contributed by atoms with Crippen molar-refractivity contribution >= 4 is 100 Å². The van der Waals surface area contributed by atoms with E-state index < -0.39 is 0 Å². The lowest BCUT2D eigenvalue weighted by molar-refractivity contribution is 0.0635. The lowest BCUT2D eigenvalue weighted by Gasteiger charge is -2.25. The van der Waals surface area contributed by atoms with E-state index in [4.69, 9.17) is 0 Å². The van der Waals surface area contributed by atoms with Crippen molar-refractivity contribution in [2.24, 2.45) is 0 Å². The molecule has 0 saturated carbocycles. The van der Waals surface area contributed by atoms with Crippen LogP contribution in [0.1, 0.15) is 62.1 Å². The van der Waals surface area contributed by atoms with E-state index in [1.165, 1.54) is 35.8 Å². The molecule has 0 aliphatic carbocycles. The van der Waals surface area contributed by atoms with Crippen LogP contribution in [-0.2, 0) is 0 Å². The summed E-state index contributed by atoms with van der Waals surface area (Å²) in [5, 5.41) is 11.6. The molecule has 6 amide bonds. The van der Waals surface area contributed by atoms with Crippen LogP contribution < -0.4 is 0 Å². The van der Waals surface area contributed by atoms with E-state index in [-0.39, 0.29) is 35.4 Å². The molecule has 12 heteroatoms. The molecule has 0 saturated heterocycles. The SMILES string of the molecule is CN1C(=O)c2cccc3c(-c4ccc(-c5ccccn5)c5ccccc45)ccc(c23)C1=O.CN1C(=O)c2cccc3c(-c4ccc(-c5cccnc5)c5ccccc45)ccc(c23)C1=O.CN1C(=O)c2cccc3c(-c4ccc(-c5ccncc5)c5ccccc45)ccc(c23)C1=O. The Kier molecular flexibility index (Phi) is 14.1. The fourth-order valence-electron chi connectivity index (χ4n) is 14.3. The van der Waals surface area contributed by atoms with Gasteiger partial charge in [0.05, 0.1) is 5.69 Å². The average Bonchev–Trinajstić information content (AvgIpc) is 0.744. The summed E-state index contributed by atoms with van der Waals surface area (Å²) < 4.78 is 0. The minimum atomic E-state index is -0.263. The molecular weight excluding hydrogens is 1190 g/mol. The molecule has 3 aliphatic heterocycles. The van der Waals surface area contributed by atoms with Gasteiger partial charge in [0.2, 0.25) is 0 Å². The fourth-order valence-corrected chi connectivity index (χ4v) is 14.3. The topological polar surface area (TPSA) is 151 Å². The second-order valence-electron chi connectivity index (χ2n) is 24.0. The molecule has 0 N–H and O–H groups in total. The van der Waals surface area contributed by atoms with Gasteiger partial charge in [0.1, 0.15) is 0 Å². The van der Waals surface area contributed by atoms with Gasteiger partial charge in [-0.15, -0.1) is 0 Å². The van der Waals surface area contributed by atoms with Gasteiger partial charge in [-0.1, -0.05) is 176 Å². The van der Waals surface area contributed by atoms with Gasteiger partial charge in [-0.2, -0.15) is 0 Å². The highest BCUT2D eigenvalue weighted by atomic mass is 16.2. The van der Waals surface area contributed by atoms with Gasteiger partial charge in [-0.3, -0.25) is 58.4 Å². The molecule has 0 spiro atoms. The zero-order chi connectivity index (χ0) is 65.5. The molecular formula is C84H54N6O6. The molecule has 12 aromatic carbocycles. The van der Waals surface area contributed by atoms with E-state index in [1.54, 1.807) is 43.0 Å². The number of carbonyl (C=O) groups is 6. The minimum Gasteiger partial charge on any atom is -0.277 e. The summed E-state index contributed by atoms with van der Waals surface area (Å²) in [4.78, 5) is 93.2. The lowest BCUT2D eigenvalue weighted by atomic mass is 9.86. The maximum absolute atomic E-state index is 12.8. The first-order valence-electron chi connectivity index (χ1n) is 31.4. The van der Waals surface area contributed by atoms with Gasteiger partial charge < -0.3 is 0 Å². The summed E-state index contributed by atoms with van der Waals surface area (Å²) in [6.07, 6.45) is 9.05. The molecule has 3 aromatic heterocycles. The second-order valence-corrected chi connectivity index (χ2v) is 24.0. The van der Waals surface area contributed by atoms with Crippen LogP contribution in [0, 0.1) is 0 Å². The monoisotopic (exact) mass is 1240 g/mol. The molecule has 0 unspecified atom stereocenters. The van der Waals surface area contributed by atoms with E-state index in [0.29, 0.717) is 33.4 Å². The van der Waals surface area contributed by atoms with Crippen molar-refractivity contribution in [2.45, 2.75) is 0 Å². The Hall–Kier alpha value is -12.9. The van der Waals surface area contributed by atoms with Gasteiger partial charge in [0.25, 0.3) is 35.4 Å². The zero-order valence-corrected chi connectivity index (χ0v) is 52.1. The summed E-state index contributed by atoms with van der Waals surface area (Å²) >= 11 is 0. The van der Waals surface area contributed by atoms with Gasteiger partial charge in [0.15, 0.2) is 0 Å². The third-order valence-electron chi connectivity index (χ3n) is 18.9. The number of benzene rings is 12. The zero-order valence-electron chi connectivity index (χ0n) is 52.1. The summed E-state index contributed by atoms with van der Waals surface area (Å²) in [6.45, 7) is 0. The quantitative estimate of drug-likeness (QED) is 0.148. The van der Waals surface area contributed by atoms with Crippen molar-refractivity contribution in [1.82, 2.24) is 29.7 Å². The first-order chi connectivity index (χ1) is 46.9. The Morgan fingerprint density at radius 1 is 0.219 bits per heavy atom. The molecule has 12 nitrogen and oxygen atoms in total. The Labute approximate surface area is 550 Å². The molecule has 0 bridgehead atoms. The first kappa shape index (κ1) is 58.2. The Bertz CT molecular complexity index is 5220. The number of nitrogens with zero attached hydrogens (tertiary/aromatic N) is 6. The Morgan fingerprint density at radius 2 is 0.521 bits per heavy atom. The first-order valence-corrected chi connectivity index (χ1v) is 31.4. The lowest BCUT2D eigenvalue weighted by Crippen LogP contribution is -2.36. The number of imide groups is 3. The Balaban J connectivity index is 0.000000113. The van der Waals surface area contributed by atoms with E-state index in [9.17, 15) is 28.8 Å². The molecule has 0 atom stereocenters. The summed E-state index contributed by atoms with van der Waals surface area (Å²) in [5.74, 6) is -1.57.